The minimum absolute atomic E-state index is 0.00437. The van der Waals surface area contributed by atoms with E-state index in [1.54, 1.807) is 16.7 Å². The van der Waals surface area contributed by atoms with Gasteiger partial charge in [-0.3, -0.25) is 14.4 Å². The number of anilines is 1. The Balaban J connectivity index is 1.30. The highest BCUT2D eigenvalue weighted by Gasteiger charge is 2.75. The lowest BCUT2D eigenvalue weighted by atomic mass is 9.66. The molecule has 3 saturated heterocycles. The smallest absolute Gasteiger partial charge is 0.248 e. The lowest BCUT2D eigenvalue weighted by molar-refractivity contribution is -0.139. The highest BCUT2D eigenvalue weighted by Crippen LogP contribution is 2.68. The van der Waals surface area contributed by atoms with E-state index in [0.29, 0.717) is 31.6 Å². The molecule has 3 aliphatic rings. The maximum absolute atomic E-state index is 14.1. The average Bonchev–Trinajstić information content (AvgIpc) is 3.56. The number of nitrogens with one attached hydrogen (secondary N) is 2. The Morgan fingerprint density at radius 1 is 1.00 bits per heavy atom. The maximum Gasteiger partial charge on any atom is 0.248 e. The van der Waals surface area contributed by atoms with Crippen molar-refractivity contribution in [3.63, 3.8) is 0 Å². The van der Waals surface area contributed by atoms with Crippen molar-refractivity contribution in [2.75, 3.05) is 18.5 Å². The summed E-state index contributed by atoms with van der Waals surface area (Å²) >= 11 is 1.68. The summed E-state index contributed by atoms with van der Waals surface area (Å²) in [4.78, 5) is 43.6. The van der Waals surface area contributed by atoms with E-state index in [1.807, 2.05) is 72.8 Å². The van der Waals surface area contributed by atoms with Gasteiger partial charge in [-0.25, -0.2) is 0 Å². The molecule has 2 bridgehead atoms. The zero-order valence-corrected chi connectivity index (χ0v) is 23.4. The number of amides is 3. The molecule has 3 heterocycles. The van der Waals surface area contributed by atoms with Gasteiger partial charge in [0.15, 0.2) is 0 Å². The molecule has 3 fully saturated rings. The fraction of sp³-hybridized carbons (Fsp3) is 0.406. The molecule has 3 N–H and O–H groups in total. The summed E-state index contributed by atoms with van der Waals surface area (Å²) in [5.41, 5.74) is 1.69. The zero-order valence-electron chi connectivity index (χ0n) is 22.6. The fourth-order valence-electron chi connectivity index (χ4n) is 7.13. The molecule has 3 aromatic carbocycles. The number of carbonyl (C=O) groups excluding carboxylic acids is 3. The number of thioether (sulfide) groups is 1. The lowest BCUT2D eigenvalue weighted by Crippen LogP contribution is -2.55. The molecule has 7 nitrogen and oxygen atoms in total. The van der Waals surface area contributed by atoms with Gasteiger partial charge in [0.1, 0.15) is 6.04 Å². The van der Waals surface area contributed by atoms with E-state index < -0.39 is 22.6 Å². The van der Waals surface area contributed by atoms with Gasteiger partial charge >= 0.3 is 0 Å². The lowest BCUT2D eigenvalue weighted by Gasteiger charge is -2.38. The van der Waals surface area contributed by atoms with Crippen LogP contribution >= 0.6 is 11.8 Å². The molecule has 8 heteroatoms. The van der Waals surface area contributed by atoms with Crippen molar-refractivity contribution in [2.45, 2.75) is 48.8 Å². The SMILES string of the molecule is CC1C[C@H]2SC13C(C(=O)Nc1ccc4ccccc4c1)N(CCCCO)C(=O)[C@@H]3[C@H]2C(=O)NCc1ccccc1. The first-order valence-corrected chi connectivity index (χ1v) is 15.0. The Bertz CT molecular complexity index is 1430. The standard InChI is InChI=1S/C32H35N3O4S/c1-20-17-25-26(29(37)33-19-21-9-3-2-4-10-21)27-31(39)35(15-7-8-16-36)28(32(20,27)40-25)30(38)34-24-14-13-22-11-5-6-12-23(22)18-24/h2-6,9-14,18,20,25-28,36H,7-8,15-17,19H2,1H3,(H,33,37)(H,34,38)/t20?,25-,26+,27+,28?,32?/m1/s1. The summed E-state index contributed by atoms with van der Waals surface area (Å²) in [5, 5.41) is 17.7. The highest BCUT2D eigenvalue weighted by molar-refractivity contribution is 8.02. The molecule has 0 aliphatic carbocycles. The Hall–Kier alpha value is -3.36. The van der Waals surface area contributed by atoms with Gasteiger partial charge in [-0.15, -0.1) is 11.8 Å². The molecule has 1 spiro atoms. The second-order valence-corrected chi connectivity index (χ2v) is 12.8. The molecule has 208 valence electrons. The van der Waals surface area contributed by atoms with Crippen molar-refractivity contribution in [1.82, 2.24) is 10.2 Å². The largest absolute Gasteiger partial charge is 0.396 e. The van der Waals surface area contributed by atoms with E-state index >= 15 is 0 Å². The second kappa shape index (κ2) is 10.9. The number of aliphatic hydroxyl groups excluding tert-OH is 1. The molecule has 6 rings (SSSR count). The van der Waals surface area contributed by atoms with Crippen LogP contribution in [0.3, 0.4) is 0 Å². The number of fused-ring (bicyclic) bond motifs is 2. The Morgan fingerprint density at radius 3 is 2.52 bits per heavy atom. The third-order valence-electron chi connectivity index (χ3n) is 8.93. The maximum atomic E-state index is 14.1. The van der Waals surface area contributed by atoms with E-state index in [2.05, 4.69) is 17.6 Å². The van der Waals surface area contributed by atoms with Crippen LogP contribution in [0.25, 0.3) is 10.8 Å². The Labute approximate surface area is 238 Å². The normalized spacial score (nSPS) is 28.6. The molecule has 3 amide bonds. The third-order valence-corrected chi connectivity index (χ3v) is 11.0. The molecule has 0 aromatic heterocycles. The van der Waals surface area contributed by atoms with Crippen LogP contribution in [-0.4, -0.2) is 56.9 Å². The molecule has 3 unspecified atom stereocenters. The second-order valence-electron chi connectivity index (χ2n) is 11.3. The van der Waals surface area contributed by atoms with E-state index in [1.165, 1.54) is 0 Å². The van der Waals surface area contributed by atoms with Gasteiger partial charge in [0, 0.05) is 30.6 Å². The van der Waals surface area contributed by atoms with Gasteiger partial charge in [-0.05, 0) is 53.6 Å². The molecule has 40 heavy (non-hydrogen) atoms. The first-order valence-electron chi connectivity index (χ1n) is 14.1. The number of nitrogens with zero attached hydrogens (tertiary/aromatic N) is 1. The van der Waals surface area contributed by atoms with Crippen molar-refractivity contribution in [1.29, 1.82) is 0 Å². The number of benzene rings is 3. The minimum atomic E-state index is -0.688. The topological polar surface area (TPSA) is 98.7 Å². The van der Waals surface area contributed by atoms with Crippen molar-refractivity contribution >= 4 is 45.9 Å². The number of rotatable bonds is 9. The van der Waals surface area contributed by atoms with Crippen LogP contribution in [0.2, 0.25) is 0 Å². The molecular formula is C32H35N3O4S. The Morgan fingerprint density at radius 2 is 1.75 bits per heavy atom. The van der Waals surface area contributed by atoms with Crippen molar-refractivity contribution in [3.8, 4) is 0 Å². The van der Waals surface area contributed by atoms with Crippen LogP contribution < -0.4 is 10.6 Å². The first kappa shape index (κ1) is 26.8. The molecule has 0 radical (unpaired) electrons. The summed E-state index contributed by atoms with van der Waals surface area (Å²) in [6.07, 6.45) is 1.94. The van der Waals surface area contributed by atoms with Crippen molar-refractivity contribution < 1.29 is 19.5 Å². The van der Waals surface area contributed by atoms with Crippen LogP contribution in [-0.2, 0) is 20.9 Å². The van der Waals surface area contributed by atoms with Gasteiger partial charge in [0.05, 0.1) is 16.6 Å². The quantitative estimate of drug-likeness (QED) is 0.343. The van der Waals surface area contributed by atoms with Crippen LogP contribution in [0.15, 0.2) is 72.8 Å². The first-order chi connectivity index (χ1) is 19.4. The number of carbonyl (C=O) groups is 3. The van der Waals surface area contributed by atoms with Gasteiger partial charge in [-0.1, -0.05) is 67.6 Å². The highest BCUT2D eigenvalue weighted by atomic mass is 32.2. The monoisotopic (exact) mass is 557 g/mol. The summed E-state index contributed by atoms with van der Waals surface area (Å²) in [6, 6.07) is 22.9. The van der Waals surface area contributed by atoms with Crippen LogP contribution in [0.5, 0.6) is 0 Å². The molecule has 0 saturated carbocycles. The van der Waals surface area contributed by atoms with E-state index in [0.717, 1.165) is 22.8 Å². The van der Waals surface area contributed by atoms with Gasteiger partial charge in [0.25, 0.3) is 0 Å². The molecule has 3 aliphatic heterocycles. The summed E-state index contributed by atoms with van der Waals surface area (Å²) < 4.78 is -0.670. The van der Waals surface area contributed by atoms with Gasteiger partial charge < -0.3 is 20.6 Å². The summed E-state index contributed by atoms with van der Waals surface area (Å²) in [7, 11) is 0. The van der Waals surface area contributed by atoms with E-state index in [-0.39, 0.29) is 35.5 Å². The van der Waals surface area contributed by atoms with E-state index in [9.17, 15) is 19.5 Å². The summed E-state index contributed by atoms with van der Waals surface area (Å²) in [6.45, 7) is 2.94. The number of unbranched alkanes of at least 4 members (excludes halogenated alkanes) is 1. The molecule has 6 atom stereocenters. The number of likely N-dealkylation sites (tertiary alicyclic amines) is 1. The number of hydrogen-bond acceptors (Lipinski definition) is 5. The van der Waals surface area contributed by atoms with Crippen LogP contribution in [0.1, 0.15) is 31.7 Å². The van der Waals surface area contributed by atoms with Gasteiger partial charge in [0.2, 0.25) is 17.7 Å². The Kier molecular flexibility index (Phi) is 7.31. The fourth-order valence-corrected chi connectivity index (χ4v) is 9.56. The molecule has 3 aromatic rings. The van der Waals surface area contributed by atoms with Gasteiger partial charge in [-0.2, -0.15) is 0 Å². The third kappa shape index (κ3) is 4.47. The van der Waals surface area contributed by atoms with Crippen LogP contribution in [0, 0.1) is 17.8 Å². The van der Waals surface area contributed by atoms with E-state index in [4.69, 9.17) is 0 Å². The summed E-state index contributed by atoms with van der Waals surface area (Å²) in [5.74, 6) is -1.36. The number of aliphatic hydroxyl groups is 1. The zero-order chi connectivity index (χ0) is 27.9. The predicted octanol–water partition coefficient (Wildman–Crippen LogP) is 4.20. The van der Waals surface area contributed by atoms with Crippen molar-refractivity contribution in [2.24, 2.45) is 17.8 Å². The minimum Gasteiger partial charge on any atom is -0.396 e. The average molecular weight is 558 g/mol. The molecular weight excluding hydrogens is 522 g/mol. The predicted molar refractivity (Wildman–Crippen MR) is 158 cm³/mol. The van der Waals surface area contributed by atoms with Crippen LogP contribution in [0.4, 0.5) is 5.69 Å². The van der Waals surface area contributed by atoms with Crippen molar-refractivity contribution in [3.05, 3.63) is 78.4 Å². The number of hydrogen-bond donors (Lipinski definition) is 3.